The highest BCUT2D eigenvalue weighted by Gasteiger charge is 2.25. The van der Waals surface area contributed by atoms with Gasteiger partial charge in [0.05, 0.1) is 17.9 Å². The van der Waals surface area contributed by atoms with Crippen molar-refractivity contribution in [1.29, 1.82) is 0 Å². The number of hydrogen-bond acceptors (Lipinski definition) is 3. The van der Waals surface area contributed by atoms with E-state index in [2.05, 4.69) is 9.98 Å². The van der Waals surface area contributed by atoms with Crippen LogP contribution in [0.3, 0.4) is 0 Å². The average Bonchev–Trinajstić information content (AvgIpc) is 2.55. The molecule has 0 radical (unpaired) electrons. The van der Waals surface area contributed by atoms with Crippen molar-refractivity contribution < 1.29 is 4.79 Å². The van der Waals surface area contributed by atoms with E-state index in [0.29, 0.717) is 12.3 Å². The molecule has 68 valence electrons. The SMILES string of the molecule is Cc1nc2c(n1C)C(C(N)=O)=NC2. The number of rotatable bonds is 1. The van der Waals surface area contributed by atoms with Crippen LogP contribution in [0.25, 0.3) is 0 Å². The summed E-state index contributed by atoms with van der Waals surface area (Å²) in [6.07, 6.45) is 0. The second-order valence-corrected chi connectivity index (χ2v) is 3.04. The molecule has 1 aromatic heterocycles. The minimum atomic E-state index is -0.484. The lowest BCUT2D eigenvalue weighted by Crippen LogP contribution is -2.25. The van der Waals surface area contributed by atoms with Gasteiger partial charge in [0.1, 0.15) is 11.5 Å². The van der Waals surface area contributed by atoms with Crippen LogP contribution >= 0.6 is 0 Å². The van der Waals surface area contributed by atoms with Crippen molar-refractivity contribution in [3.63, 3.8) is 0 Å². The molecule has 1 aromatic rings. The molecular formula is C8H10N4O. The normalized spacial score (nSPS) is 14.2. The van der Waals surface area contributed by atoms with E-state index in [4.69, 9.17) is 5.73 Å². The van der Waals surface area contributed by atoms with Crippen LogP contribution in [0, 0.1) is 6.92 Å². The summed E-state index contributed by atoms with van der Waals surface area (Å²) in [5.41, 5.74) is 7.14. The lowest BCUT2D eigenvalue weighted by Gasteiger charge is -2.00. The Morgan fingerprint density at radius 1 is 1.62 bits per heavy atom. The number of nitrogens with two attached hydrogens (primary N) is 1. The predicted octanol–water partition coefficient (Wildman–Crippen LogP) is -0.483. The summed E-state index contributed by atoms with van der Waals surface area (Å²) in [5, 5.41) is 0. The van der Waals surface area contributed by atoms with Gasteiger partial charge in [-0.25, -0.2) is 4.98 Å². The number of amides is 1. The molecule has 0 bridgehead atoms. The van der Waals surface area contributed by atoms with Crippen LogP contribution < -0.4 is 5.73 Å². The van der Waals surface area contributed by atoms with Gasteiger partial charge in [-0.3, -0.25) is 9.79 Å². The summed E-state index contributed by atoms with van der Waals surface area (Å²) in [6, 6.07) is 0. The van der Waals surface area contributed by atoms with E-state index in [-0.39, 0.29) is 0 Å². The quantitative estimate of drug-likeness (QED) is 0.630. The zero-order valence-corrected chi connectivity index (χ0v) is 7.53. The van der Waals surface area contributed by atoms with Crippen LogP contribution in [0.4, 0.5) is 0 Å². The van der Waals surface area contributed by atoms with Crippen LogP contribution in [-0.2, 0) is 18.4 Å². The number of hydrogen-bond donors (Lipinski definition) is 1. The lowest BCUT2D eigenvalue weighted by atomic mass is 10.2. The molecule has 2 N–H and O–H groups in total. The maximum atomic E-state index is 11.0. The minimum absolute atomic E-state index is 0.345. The van der Waals surface area contributed by atoms with Gasteiger partial charge >= 0.3 is 0 Å². The summed E-state index contributed by atoms with van der Waals surface area (Å²) in [6.45, 7) is 2.35. The molecule has 0 aromatic carbocycles. The number of primary amides is 1. The molecule has 2 rings (SSSR count). The Bertz CT molecular complexity index is 416. The number of aryl methyl sites for hydroxylation is 1. The van der Waals surface area contributed by atoms with Crippen molar-refractivity contribution in [3.8, 4) is 0 Å². The number of aromatic nitrogens is 2. The third-order valence-electron chi connectivity index (χ3n) is 2.24. The second kappa shape index (κ2) is 2.42. The molecule has 1 amide bonds. The number of aliphatic imine (C=N–C) groups is 1. The van der Waals surface area contributed by atoms with E-state index in [1.54, 1.807) is 0 Å². The van der Waals surface area contributed by atoms with Gasteiger partial charge in [-0.2, -0.15) is 0 Å². The van der Waals surface area contributed by atoms with E-state index < -0.39 is 5.91 Å². The molecule has 0 saturated heterocycles. The van der Waals surface area contributed by atoms with Crippen molar-refractivity contribution in [2.75, 3.05) is 0 Å². The van der Waals surface area contributed by atoms with Gasteiger partial charge in [0.2, 0.25) is 0 Å². The summed E-state index contributed by atoms with van der Waals surface area (Å²) < 4.78 is 1.84. The fraction of sp³-hybridized carbons (Fsp3) is 0.375. The van der Waals surface area contributed by atoms with Gasteiger partial charge in [0.15, 0.2) is 0 Å². The average molecular weight is 178 g/mol. The molecular weight excluding hydrogens is 168 g/mol. The van der Waals surface area contributed by atoms with Crippen LogP contribution in [0.15, 0.2) is 4.99 Å². The first kappa shape index (κ1) is 7.97. The lowest BCUT2D eigenvalue weighted by molar-refractivity contribution is -0.111. The third-order valence-corrected chi connectivity index (χ3v) is 2.24. The van der Waals surface area contributed by atoms with Crippen molar-refractivity contribution in [2.45, 2.75) is 13.5 Å². The molecule has 1 aliphatic rings. The first-order valence-corrected chi connectivity index (χ1v) is 3.98. The van der Waals surface area contributed by atoms with Crippen LogP contribution in [0.2, 0.25) is 0 Å². The standard InChI is InChI=1S/C8H10N4O/c1-4-11-5-3-10-6(8(9)13)7(5)12(4)2/h3H2,1-2H3,(H2,9,13). The van der Waals surface area contributed by atoms with Crippen molar-refractivity contribution in [1.82, 2.24) is 9.55 Å². The smallest absolute Gasteiger partial charge is 0.269 e. The van der Waals surface area contributed by atoms with Crippen LogP contribution in [0.5, 0.6) is 0 Å². The zero-order valence-electron chi connectivity index (χ0n) is 7.53. The van der Waals surface area contributed by atoms with E-state index in [1.807, 2.05) is 18.5 Å². The number of carbonyl (C=O) groups excluding carboxylic acids is 1. The molecule has 0 aliphatic carbocycles. The van der Waals surface area contributed by atoms with E-state index in [9.17, 15) is 4.79 Å². The molecule has 0 saturated carbocycles. The molecule has 0 fully saturated rings. The predicted molar refractivity (Wildman–Crippen MR) is 47.4 cm³/mol. The number of fused-ring (bicyclic) bond motifs is 1. The minimum Gasteiger partial charge on any atom is -0.364 e. The zero-order chi connectivity index (χ0) is 9.59. The largest absolute Gasteiger partial charge is 0.364 e. The Morgan fingerprint density at radius 3 is 2.92 bits per heavy atom. The summed E-state index contributed by atoms with van der Waals surface area (Å²) in [7, 11) is 1.85. The molecule has 13 heavy (non-hydrogen) atoms. The third kappa shape index (κ3) is 0.965. The van der Waals surface area contributed by atoms with Crippen LogP contribution in [-0.4, -0.2) is 21.2 Å². The first-order valence-electron chi connectivity index (χ1n) is 3.98. The molecule has 5 heteroatoms. The van der Waals surface area contributed by atoms with Crippen molar-refractivity contribution in [2.24, 2.45) is 17.8 Å². The highest BCUT2D eigenvalue weighted by Crippen LogP contribution is 2.18. The highest BCUT2D eigenvalue weighted by atomic mass is 16.1. The number of imidazole rings is 1. The van der Waals surface area contributed by atoms with Gasteiger partial charge < -0.3 is 10.3 Å². The second-order valence-electron chi connectivity index (χ2n) is 3.04. The maximum Gasteiger partial charge on any atom is 0.269 e. The first-order chi connectivity index (χ1) is 6.11. The number of nitrogens with zero attached hydrogens (tertiary/aromatic N) is 3. The Kier molecular flexibility index (Phi) is 1.48. The van der Waals surface area contributed by atoms with Gasteiger partial charge in [-0.15, -0.1) is 0 Å². The molecule has 0 unspecified atom stereocenters. The highest BCUT2D eigenvalue weighted by molar-refractivity contribution is 6.45. The fourth-order valence-corrected chi connectivity index (χ4v) is 1.51. The Balaban J connectivity index is 2.60. The van der Waals surface area contributed by atoms with E-state index >= 15 is 0 Å². The van der Waals surface area contributed by atoms with Gasteiger partial charge in [-0.1, -0.05) is 0 Å². The Labute approximate surface area is 75.3 Å². The molecule has 0 atom stereocenters. The molecule has 1 aliphatic heterocycles. The number of carbonyl (C=O) groups is 1. The molecule has 2 heterocycles. The van der Waals surface area contributed by atoms with Gasteiger partial charge in [0.25, 0.3) is 5.91 Å². The summed E-state index contributed by atoms with van der Waals surface area (Å²) >= 11 is 0. The van der Waals surface area contributed by atoms with Crippen molar-refractivity contribution >= 4 is 11.6 Å². The van der Waals surface area contributed by atoms with E-state index in [0.717, 1.165) is 17.2 Å². The Morgan fingerprint density at radius 2 is 2.31 bits per heavy atom. The Hall–Kier alpha value is -1.65. The monoisotopic (exact) mass is 178 g/mol. The topological polar surface area (TPSA) is 73.3 Å². The molecule has 5 nitrogen and oxygen atoms in total. The maximum absolute atomic E-state index is 11.0. The van der Waals surface area contributed by atoms with Gasteiger partial charge in [-0.05, 0) is 6.92 Å². The molecule has 0 spiro atoms. The van der Waals surface area contributed by atoms with Crippen LogP contribution in [0.1, 0.15) is 17.2 Å². The fourth-order valence-electron chi connectivity index (χ4n) is 1.51. The van der Waals surface area contributed by atoms with Crippen molar-refractivity contribution in [3.05, 3.63) is 17.2 Å². The summed E-state index contributed by atoms with van der Waals surface area (Å²) in [4.78, 5) is 19.3. The summed E-state index contributed by atoms with van der Waals surface area (Å²) in [5.74, 6) is 0.389. The van der Waals surface area contributed by atoms with E-state index in [1.165, 1.54) is 0 Å². The van der Waals surface area contributed by atoms with Gasteiger partial charge in [0, 0.05) is 7.05 Å².